The van der Waals surface area contributed by atoms with Crippen molar-refractivity contribution in [3.63, 3.8) is 0 Å². The second-order valence-electron chi connectivity index (χ2n) is 2.63. The first-order valence-corrected chi connectivity index (χ1v) is 3.90. The summed E-state index contributed by atoms with van der Waals surface area (Å²) in [4.78, 5) is 0. The highest BCUT2D eigenvalue weighted by Crippen LogP contribution is 2.23. The van der Waals surface area contributed by atoms with Gasteiger partial charge >= 0.3 is 0 Å². The largest absolute Gasteiger partial charge is 0.325 e. The molecule has 4 N–H and O–H groups in total. The maximum absolute atomic E-state index is 5.78. The molecule has 0 amide bonds. The average molecular weight is 132 g/mol. The number of rotatable bonds is 0. The monoisotopic (exact) mass is 132 g/mol. The molecule has 0 saturated carbocycles. The second-order valence-corrected chi connectivity index (χ2v) is 3.66. The highest BCUT2D eigenvalue weighted by atomic mass is 32.2. The van der Waals surface area contributed by atoms with Gasteiger partial charge in [0.25, 0.3) is 0 Å². The van der Waals surface area contributed by atoms with Gasteiger partial charge in [-0.1, -0.05) is 0 Å². The minimum absolute atomic E-state index is 0.106. The zero-order valence-electron chi connectivity index (χ0n) is 5.05. The van der Waals surface area contributed by atoms with Crippen LogP contribution in [0.3, 0.4) is 0 Å². The molecule has 0 aromatic heterocycles. The summed E-state index contributed by atoms with van der Waals surface area (Å²) in [7, 11) is 0. The van der Waals surface area contributed by atoms with Gasteiger partial charge in [-0.3, -0.25) is 0 Å². The molecule has 2 nitrogen and oxygen atoms in total. The predicted molar refractivity (Wildman–Crippen MR) is 37.9 cm³/mol. The third kappa shape index (κ3) is 0.989. The van der Waals surface area contributed by atoms with Gasteiger partial charge in [0.2, 0.25) is 0 Å². The molecule has 0 aromatic carbocycles. The van der Waals surface area contributed by atoms with E-state index in [0.29, 0.717) is 0 Å². The minimum Gasteiger partial charge on any atom is -0.325 e. The lowest BCUT2D eigenvalue weighted by Crippen LogP contribution is -2.51. The summed E-state index contributed by atoms with van der Waals surface area (Å²) in [5, 5.41) is 0. The Hall–Kier alpha value is 0.270. The molecule has 0 aliphatic carbocycles. The van der Waals surface area contributed by atoms with Crippen LogP contribution in [0.2, 0.25) is 0 Å². The van der Waals surface area contributed by atoms with Crippen LogP contribution < -0.4 is 11.5 Å². The van der Waals surface area contributed by atoms with E-state index in [2.05, 4.69) is 0 Å². The van der Waals surface area contributed by atoms with Crippen molar-refractivity contribution >= 4 is 11.8 Å². The van der Waals surface area contributed by atoms with E-state index in [-0.39, 0.29) is 11.6 Å². The molecule has 1 heterocycles. The van der Waals surface area contributed by atoms with E-state index in [4.69, 9.17) is 11.5 Å². The van der Waals surface area contributed by atoms with Crippen LogP contribution in [0.1, 0.15) is 6.92 Å². The van der Waals surface area contributed by atoms with E-state index in [0.717, 1.165) is 11.5 Å². The summed E-state index contributed by atoms with van der Waals surface area (Å²) in [5.41, 5.74) is 11.3. The molecule has 0 aromatic rings. The minimum atomic E-state index is -0.106. The summed E-state index contributed by atoms with van der Waals surface area (Å²) >= 11 is 1.84. The van der Waals surface area contributed by atoms with E-state index in [9.17, 15) is 0 Å². The van der Waals surface area contributed by atoms with Crippen molar-refractivity contribution in [1.29, 1.82) is 0 Å². The summed E-state index contributed by atoms with van der Waals surface area (Å²) in [6.07, 6.45) is 0. The number of nitrogens with two attached hydrogens (primary N) is 2. The maximum Gasteiger partial charge on any atom is 0.0378 e. The van der Waals surface area contributed by atoms with Crippen molar-refractivity contribution in [1.82, 2.24) is 0 Å². The SMILES string of the molecule is C[C@@]1(N)CSC[C@@H]1N. The van der Waals surface area contributed by atoms with Crippen LogP contribution in [0, 0.1) is 0 Å². The van der Waals surface area contributed by atoms with E-state index in [1.807, 2.05) is 18.7 Å². The first-order valence-electron chi connectivity index (χ1n) is 2.75. The van der Waals surface area contributed by atoms with Gasteiger partial charge in [-0.25, -0.2) is 0 Å². The lowest BCUT2D eigenvalue weighted by molar-refractivity contribution is 0.464. The molecule has 1 aliphatic rings. The van der Waals surface area contributed by atoms with Crippen molar-refractivity contribution < 1.29 is 0 Å². The smallest absolute Gasteiger partial charge is 0.0378 e. The number of hydrogen-bond acceptors (Lipinski definition) is 3. The Labute approximate surface area is 54.0 Å². The van der Waals surface area contributed by atoms with Crippen molar-refractivity contribution in [2.45, 2.75) is 18.5 Å². The Morgan fingerprint density at radius 3 is 2.50 bits per heavy atom. The summed E-state index contributed by atoms with van der Waals surface area (Å²) in [6, 6.07) is 0.201. The fourth-order valence-electron chi connectivity index (χ4n) is 0.703. The standard InChI is InChI=1S/C5H12N2S/c1-5(7)3-8-2-4(5)6/h4H,2-3,6-7H2,1H3/t4-,5+/m0/s1. The zero-order chi connectivity index (χ0) is 6.20. The van der Waals surface area contributed by atoms with Gasteiger partial charge in [0.15, 0.2) is 0 Å². The molecular formula is C5H12N2S. The van der Waals surface area contributed by atoms with Crippen LogP contribution in [0.5, 0.6) is 0 Å². The molecule has 0 spiro atoms. The summed E-state index contributed by atoms with van der Waals surface area (Å²) in [5.74, 6) is 2.03. The van der Waals surface area contributed by atoms with E-state index < -0.39 is 0 Å². The van der Waals surface area contributed by atoms with Gasteiger partial charge < -0.3 is 11.5 Å². The fourth-order valence-corrected chi connectivity index (χ4v) is 2.11. The Bertz CT molecular complexity index is 92.4. The topological polar surface area (TPSA) is 52.0 Å². The third-order valence-corrected chi connectivity index (χ3v) is 2.98. The lowest BCUT2D eigenvalue weighted by Gasteiger charge is -2.21. The van der Waals surface area contributed by atoms with E-state index in [1.54, 1.807) is 0 Å². The fraction of sp³-hybridized carbons (Fsp3) is 1.00. The van der Waals surface area contributed by atoms with Gasteiger partial charge in [0, 0.05) is 23.1 Å². The zero-order valence-corrected chi connectivity index (χ0v) is 5.87. The molecule has 1 saturated heterocycles. The first kappa shape index (κ1) is 6.39. The Morgan fingerprint density at radius 2 is 2.38 bits per heavy atom. The summed E-state index contributed by atoms with van der Waals surface area (Å²) in [6.45, 7) is 2.01. The van der Waals surface area contributed by atoms with Crippen LogP contribution >= 0.6 is 11.8 Å². The van der Waals surface area contributed by atoms with Gasteiger partial charge in [0.05, 0.1) is 0 Å². The van der Waals surface area contributed by atoms with Crippen molar-refractivity contribution in [3.05, 3.63) is 0 Å². The van der Waals surface area contributed by atoms with Gasteiger partial charge in [0.1, 0.15) is 0 Å². The quantitative estimate of drug-likeness (QED) is 0.479. The Morgan fingerprint density at radius 1 is 1.75 bits per heavy atom. The molecule has 2 atom stereocenters. The molecule has 0 radical (unpaired) electrons. The number of thioether (sulfide) groups is 1. The van der Waals surface area contributed by atoms with Crippen LogP contribution in [0.15, 0.2) is 0 Å². The van der Waals surface area contributed by atoms with Gasteiger partial charge in [-0.2, -0.15) is 11.8 Å². The van der Waals surface area contributed by atoms with Gasteiger partial charge in [-0.15, -0.1) is 0 Å². The summed E-state index contributed by atoms with van der Waals surface area (Å²) < 4.78 is 0. The third-order valence-electron chi connectivity index (χ3n) is 1.56. The molecule has 0 bridgehead atoms. The second kappa shape index (κ2) is 1.90. The van der Waals surface area contributed by atoms with Gasteiger partial charge in [-0.05, 0) is 6.92 Å². The average Bonchev–Trinajstić information content (AvgIpc) is 1.86. The maximum atomic E-state index is 5.78. The Kier molecular flexibility index (Phi) is 1.52. The molecule has 48 valence electrons. The first-order chi connectivity index (χ1) is 3.63. The highest BCUT2D eigenvalue weighted by Gasteiger charge is 2.32. The normalized spacial score (nSPS) is 47.6. The van der Waals surface area contributed by atoms with E-state index >= 15 is 0 Å². The molecule has 1 rings (SSSR count). The molecule has 3 heteroatoms. The lowest BCUT2D eigenvalue weighted by atomic mass is 9.99. The Balaban J connectivity index is 2.54. The van der Waals surface area contributed by atoms with E-state index in [1.165, 1.54) is 0 Å². The molecule has 8 heavy (non-hydrogen) atoms. The molecule has 1 fully saturated rings. The number of hydrogen-bond donors (Lipinski definition) is 2. The predicted octanol–water partition coefficient (Wildman–Crippen LogP) is -0.222. The van der Waals surface area contributed by atoms with Crippen LogP contribution in [0.4, 0.5) is 0 Å². The van der Waals surface area contributed by atoms with Crippen LogP contribution in [-0.2, 0) is 0 Å². The molecular weight excluding hydrogens is 120 g/mol. The van der Waals surface area contributed by atoms with Crippen molar-refractivity contribution in [2.24, 2.45) is 11.5 Å². The highest BCUT2D eigenvalue weighted by molar-refractivity contribution is 7.99. The van der Waals surface area contributed by atoms with Crippen molar-refractivity contribution in [2.75, 3.05) is 11.5 Å². The van der Waals surface area contributed by atoms with Crippen LogP contribution in [0.25, 0.3) is 0 Å². The van der Waals surface area contributed by atoms with Crippen LogP contribution in [-0.4, -0.2) is 23.1 Å². The molecule has 1 aliphatic heterocycles. The van der Waals surface area contributed by atoms with Crippen molar-refractivity contribution in [3.8, 4) is 0 Å². The molecule has 0 unspecified atom stereocenters.